The fourth-order valence-corrected chi connectivity index (χ4v) is 3.52. The SMILES string of the molecule is Cc1ccc(C(=O)C(c2ccc(C)o2)c2cn(C)c3ccccc23)cc1. The summed E-state index contributed by atoms with van der Waals surface area (Å²) in [6.07, 6.45) is 2.04. The van der Waals surface area contributed by atoms with Crippen molar-refractivity contribution in [2.75, 3.05) is 0 Å². The predicted octanol–water partition coefficient (Wildman–Crippen LogP) is 5.40. The summed E-state index contributed by atoms with van der Waals surface area (Å²) < 4.78 is 7.96. The van der Waals surface area contributed by atoms with Crippen LogP contribution in [0.15, 0.2) is 71.3 Å². The fourth-order valence-electron chi connectivity index (χ4n) is 3.52. The molecular weight excluding hydrogens is 322 g/mol. The van der Waals surface area contributed by atoms with Crippen LogP contribution in [-0.4, -0.2) is 10.4 Å². The van der Waals surface area contributed by atoms with Crippen LogP contribution in [0, 0.1) is 13.8 Å². The van der Waals surface area contributed by atoms with Gasteiger partial charge in [0.1, 0.15) is 17.4 Å². The van der Waals surface area contributed by atoms with Crippen molar-refractivity contribution >= 4 is 16.7 Å². The molecule has 4 aromatic rings. The average Bonchev–Trinajstić information content (AvgIpc) is 3.20. The summed E-state index contributed by atoms with van der Waals surface area (Å²) in [5.74, 6) is 1.08. The first-order chi connectivity index (χ1) is 12.5. The molecule has 1 atom stereocenters. The zero-order valence-electron chi connectivity index (χ0n) is 15.2. The molecule has 0 aliphatic carbocycles. The van der Waals surface area contributed by atoms with Crippen LogP contribution in [-0.2, 0) is 7.05 Å². The van der Waals surface area contributed by atoms with Gasteiger partial charge in [-0.05, 0) is 37.6 Å². The molecule has 0 radical (unpaired) electrons. The van der Waals surface area contributed by atoms with Crippen molar-refractivity contribution < 1.29 is 9.21 Å². The number of hydrogen-bond donors (Lipinski definition) is 0. The van der Waals surface area contributed by atoms with Crippen molar-refractivity contribution in [3.8, 4) is 0 Å². The Kier molecular flexibility index (Phi) is 4.00. The second-order valence-corrected chi connectivity index (χ2v) is 6.82. The number of rotatable bonds is 4. The van der Waals surface area contributed by atoms with E-state index in [1.807, 2.05) is 75.6 Å². The molecule has 4 rings (SSSR count). The Balaban J connectivity index is 1.91. The summed E-state index contributed by atoms with van der Waals surface area (Å²) in [4.78, 5) is 13.4. The van der Waals surface area contributed by atoms with Gasteiger partial charge in [-0.2, -0.15) is 0 Å². The molecule has 3 heteroatoms. The summed E-state index contributed by atoms with van der Waals surface area (Å²) in [6, 6.07) is 19.7. The second kappa shape index (κ2) is 6.34. The molecule has 130 valence electrons. The number of carbonyl (C=O) groups is 1. The van der Waals surface area contributed by atoms with Gasteiger partial charge in [-0.15, -0.1) is 0 Å². The molecular formula is C23H21NO2. The van der Waals surface area contributed by atoms with Gasteiger partial charge in [-0.3, -0.25) is 4.79 Å². The van der Waals surface area contributed by atoms with E-state index in [-0.39, 0.29) is 5.78 Å². The molecule has 26 heavy (non-hydrogen) atoms. The van der Waals surface area contributed by atoms with Crippen molar-refractivity contribution in [3.05, 3.63) is 95.1 Å². The van der Waals surface area contributed by atoms with E-state index < -0.39 is 5.92 Å². The van der Waals surface area contributed by atoms with E-state index in [9.17, 15) is 4.79 Å². The standard InChI is InChI=1S/C23H21NO2/c1-15-8-11-17(12-9-15)23(25)22(21-13-10-16(2)26-21)19-14-24(3)20-7-5-4-6-18(19)20/h4-14,22H,1-3H3. The number of aromatic nitrogens is 1. The lowest BCUT2D eigenvalue weighted by Gasteiger charge is -2.14. The topological polar surface area (TPSA) is 35.1 Å². The Morgan fingerprint density at radius 2 is 1.69 bits per heavy atom. The van der Waals surface area contributed by atoms with Crippen molar-refractivity contribution in [1.82, 2.24) is 4.57 Å². The number of fused-ring (bicyclic) bond motifs is 1. The van der Waals surface area contributed by atoms with Crippen LogP contribution in [0.1, 0.15) is 38.9 Å². The van der Waals surface area contributed by atoms with E-state index in [1.54, 1.807) is 0 Å². The van der Waals surface area contributed by atoms with E-state index in [4.69, 9.17) is 4.42 Å². The van der Waals surface area contributed by atoms with Gasteiger partial charge in [-0.25, -0.2) is 0 Å². The van der Waals surface area contributed by atoms with E-state index in [1.165, 1.54) is 0 Å². The molecule has 1 unspecified atom stereocenters. The molecule has 3 nitrogen and oxygen atoms in total. The van der Waals surface area contributed by atoms with Crippen molar-refractivity contribution in [2.45, 2.75) is 19.8 Å². The average molecular weight is 343 g/mol. The Morgan fingerprint density at radius 1 is 0.962 bits per heavy atom. The lowest BCUT2D eigenvalue weighted by molar-refractivity contribution is 0.0966. The number of benzene rings is 2. The molecule has 0 amide bonds. The number of hydrogen-bond acceptors (Lipinski definition) is 2. The Bertz CT molecular complexity index is 1080. The van der Waals surface area contributed by atoms with E-state index in [2.05, 4.69) is 16.7 Å². The zero-order chi connectivity index (χ0) is 18.3. The second-order valence-electron chi connectivity index (χ2n) is 6.82. The molecule has 0 bridgehead atoms. The summed E-state index contributed by atoms with van der Waals surface area (Å²) in [5.41, 5.74) is 3.91. The maximum absolute atomic E-state index is 13.4. The van der Waals surface area contributed by atoms with Gasteiger partial charge in [0.05, 0.1) is 0 Å². The zero-order valence-corrected chi connectivity index (χ0v) is 15.2. The molecule has 2 aromatic heterocycles. The third-order valence-corrected chi connectivity index (χ3v) is 4.88. The fraction of sp³-hybridized carbons (Fsp3) is 0.174. The third kappa shape index (κ3) is 2.76. The first-order valence-corrected chi connectivity index (χ1v) is 8.76. The maximum Gasteiger partial charge on any atom is 0.177 e. The highest BCUT2D eigenvalue weighted by Gasteiger charge is 2.29. The van der Waals surface area contributed by atoms with Crippen molar-refractivity contribution in [3.63, 3.8) is 0 Å². The van der Waals surface area contributed by atoms with Crippen molar-refractivity contribution in [1.29, 1.82) is 0 Å². The normalized spacial score (nSPS) is 12.4. The van der Waals surface area contributed by atoms with E-state index >= 15 is 0 Å². The molecule has 2 heterocycles. The smallest absolute Gasteiger partial charge is 0.177 e. The highest BCUT2D eigenvalue weighted by molar-refractivity contribution is 6.05. The Hall–Kier alpha value is -3.07. The number of furan rings is 1. The van der Waals surface area contributed by atoms with E-state index in [0.29, 0.717) is 11.3 Å². The number of nitrogens with zero attached hydrogens (tertiary/aromatic N) is 1. The molecule has 0 saturated heterocycles. The summed E-state index contributed by atoms with van der Waals surface area (Å²) in [5, 5.41) is 1.08. The van der Waals surface area contributed by atoms with Gasteiger partial charge in [0.15, 0.2) is 5.78 Å². The highest BCUT2D eigenvalue weighted by Crippen LogP contribution is 2.35. The monoisotopic (exact) mass is 343 g/mol. The third-order valence-electron chi connectivity index (χ3n) is 4.88. The van der Waals surface area contributed by atoms with Gasteiger partial charge in [0.25, 0.3) is 0 Å². The number of Topliss-reactive ketones (excluding diaryl/α,β-unsaturated/α-hetero) is 1. The van der Waals surface area contributed by atoms with Crippen LogP contribution in [0.2, 0.25) is 0 Å². The lowest BCUT2D eigenvalue weighted by Crippen LogP contribution is -2.14. The molecule has 0 saturated carbocycles. The maximum atomic E-state index is 13.4. The van der Waals surface area contributed by atoms with Crippen LogP contribution in [0.5, 0.6) is 0 Å². The lowest BCUT2D eigenvalue weighted by atomic mass is 9.88. The van der Waals surface area contributed by atoms with Crippen molar-refractivity contribution in [2.24, 2.45) is 7.05 Å². The minimum atomic E-state index is -0.461. The van der Waals surface area contributed by atoms with Gasteiger partial charge in [0.2, 0.25) is 0 Å². The summed E-state index contributed by atoms with van der Waals surface area (Å²) >= 11 is 0. The quantitative estimate of drug-likeness (QED) is 0.465. The Morgan fingerprint density at radius 3 is 2.38 bits per heavy atom. The summed E-state index contributed by atoms with van der Waals surface area (Å²) in [6.45, 7) is 3.92. The summed E-state index contributed by atoms with van der Waals surface area (Å²) in [7, 11) is 2.01. The molecule has 2 aromatic carbocycles. The van der Waals surface area contributed by atoms with Gasteiger partial charge < -0.3 is 8.98 Å². The van der Waals surface area contributed by atoms with Crippen LogP contribution < -0.4 is 0 Å². The number of carbonyl (C=O) groups excluding carboxylic acids is 1. The largest absolute Gasteiger partial charge is 0.465 e. The first-order valence-electron chi connectivity index (χ1n) is 8.76. The minimum Gasteiger partial charge on any atom is -0.465 e. The van der Waals surface area contributed by atoms with Crippen LogP contribution >= 0.6 is 0 Å². The van der Waals surface area contributed by atoms with Gasteiger partial charge in [-0.1, -0.05) is 48.0 Å². The van der Waals surface area contributed by atoms with Gasteiger partial charge in [0, 0.05) is 29.7 Å². The number of para-hydroxylation sites is 1. The van der Waals surface area contributed by atoms with Crippen LogP contribution in [0.3, 0.4) is 0 Å². The number of aryl methyl sites for hydroxylation is 3. The Labute approximate surface area is 152 Å². The highest BCUT2D eigenvalue weighted by atomic mass is 16.3. The predicted molar refractivity (Wildman–Crippen MR) is 104 cm³/mol. The molecule has 0 fully saturated rings. The molecule has 0 aliphatic rings. The van der Waals surface area contributed by atoms with E-state index in [0.717, 1.165) is 27.8 Å². The first kappa shape index (κ1) is 16.4. The van der Waals surface area contributed by atoms with Gasteiger partial charge >= 0.3 is 0 Å². The number of ketones is 1. The molecule has 0 spiro atoms. The molecule has 0 N–H and O–H groups in total. The van der Waals surface area contributed by atoms with Crippen LogP contribution in [0.25, 0.3) is 10.9 Å². The minimum absolute atomic E-state index is 0.0516. The van der Waals surface area contributed by atoms with Crippen LogP contribution in [0.4, 0.5) is 0 Å². The molecule has 0 aliphatic heterocycles.